The Morgan fingerprint density at radius 1 is 1.35 bits per heavy atom. The molecule has 5 heteroatoms. The number of likely N-dealkylation sites (N-methyl/N-ethyl adjacent to an activating group) is 1. The molecule has 0 rings (SSSR count). The quantitative estimate of drug-likeness (QED) is 0.273. The van der Waals surface area contributed by atoms with Gasteiger partial charge in [0.25, 0.3) is 0 Å². The molecule has 0 aliphatic heterocycles. The fourth-order valence-electron chi connectivity index (χ4n) is 1.04. The lowest BCUT2D eigenvalue weighted by molar-refractivity contribution is 0.176. The van der Waals surface area contributed by atoms with Crippen LogP contribution in [0.5, 0.6) is 0 Å². The van der Waals surface area contributed by atoms with E-state index >= 15 is 0 Å². The zero-order valence-corrected chi connectivity index (χ0v) is 12.2. The van der Waals surface area contributed by atoms with E-state index in [-0.39, 0.29) is 0 Å². The summed E-state index contributed by atoms with van der Waals surface area (Å²) in [5, 5.41) is 11.7. The maximum absolute atomic E-state index is 10.1. The van der Waals surface area contributed by atoms with Gasteiger partial charge in [-0.15, -0.1) is 0 Å². The van der Waals surface area contributed by atoms with Gasteiger partial charge in [0.2, 0.25) is 0 Å². The molecule has 102 valence electrons. The third kappa shape index (κ3) is 18.3. The SMILES string of the molecule is C=C(C)C(O)NCC.CCCCCC[P+](=O)O. The maximum atomic E-state index is 10.1. The highest BCUT2D eigenvalue weighted by molar-refractivity contribution is 7.37. The first-order valence-corrected chi connectivity index (χ1v) is 7.55. The topological polar surface area (TPSA) is 69.6 Å². The smallest absolute Gasteiger partial charge is 0.375 e. The molecule has 0 aliphatic rings. The van der Waals surface area contributed by atoms with Crippen LogP contribution in [-0.2, 0) is 4.57 Å². The lowest BCUT2D eigenvalue weighted by atomic mass is 10.2. The maximum Gasteiger partial charge on any atom is 0.505 e. The first kappa shape index (κ1) is 19.1. The van der Waals surface area contributed by atoms with Gasteiger partial charge in [0.15, 0.2) is 6.16 Å². The summed E-state index contributed by atoms with van der Waals surface area (Å²) in [4.78, 5) is 8.36. The van der Waals surface area contributed by atoms with Crippen LogP contribution in [-0.4, -0.2) is 28.9 Å². The molecule has 0 heterocycles. The Labute approximate surface area is 106 Å². The van der Waals surface area contributed by atoms with Gasteiger partial charge < -0.3 is 5.11 Å². The van der Waals surface area contributed by atoms with E-state index in [0.29, 0.717) is 6.16 Å². The number of rotatable bonds is 8. The molecular formula is C12H27NO3P+. The molecule has 0 fully saturated rings. The molecule has 0 aliphatic carbocycles. The Balaban J connectivity index is 0. The Bertz CT molecular complexity index is 210. The van der Waals surface area contributed by atoms with Crippen LogP contribution in [0.4, 0.5) is 0 Å². The van der Waals surface area contributed by atoms with Crippen LogP contribution in [0.3, 0.4) is 0 Å². The Morgan fingerprint density at radius 2 is 1.94 bits per heavy atom. The minimum atomic E-state index is -1.87. The predicted molar refractivity (Wildman–Crippen MR) is 73.3 cm³/mol. The monoisotopic (exact) mass is 264 g/mol. The van der Waals surface area contributed by atoms with Crippen molar-refractivity contribution in [3.05, 3.63) is 12.2 Å². The van der Waals surface area contributed by atoms with E-state index in [1.807, 2.05) is 6.92 Å². The second kappa shape index (κ2) is 13.8. The van der Waals surface area contributed by atoms with Crippen LogP contribution >= 0.6 is 8.03 Å². The van der Waals surface area contributed by atoms with Gasteiger partial charge in [-0.2, -0.15) is 4.89 Å². The minimum absolute atomic E-state index is 0.481. The zero-order chi connectivity index (χ0) is 13.7. The third-order valence-electron chi connectivity index (χ3n) is 2.07. The number of nitrogens with one attached hydrogen (secondary N) is 1. The summed E-state index contributed by atoms with van der Waals surface area (Å²) in [6.07, 6.45) is 4.32. The first-order chi connectivity index (χ1) is 7.95. The molecule has 0 aromatic carbocycles. The van der Waals surface area contributed by atoms with Crippen molar-refractivity contribution in [1.82, 2.24) is 5.32 Å². The van der Waals surface area contributed by atoms with Crippen LogP contribution in [0.15, 0.2) is 12.2 Å². The van der Waals surface area contributed by atoms with Crippen molar-refractivity contribution in [2.45, 2.75) is 52.7 Å². The highest BCUT2D eigenvalue weighted by Crippen LogP contribution is 2.15. The van der Waals surface area contributed by atoms with Gasteiger partial charge in [0, 0.05) is 0 Å². The van der Waals surface area contributed by atoms with Gasteiger partial charge in [0.05, 0.1) is 0 Å². The molecule has 0 amide bonds. The average molecular weight is 264 g/mol. The van der Waals surface area contributed by atoms with E-state index in [0.717, 1.165) is 25.0 Å². The Morgan fingerprint density at radius 3 is 2.24 bits per heavy atom. The van der Waals surface area contributed by atoms with Gasteiger partial charge >= 0.3 is 8.03 Å². The van der Waals surface area contributed by atoms with Gasteiger partial charge in [-0.25, -0.2) is 0 Å². The molecule has 0 aromatic rings. The molecule has 17 heavy (non-hydrogen) atoms. The normalized spacial score (nSPS) is 12.4. The zero-order valence-electron chi connectivity index (χ0n) is 11.3. The third-order valence-corrected chi connectivity index (χ3v) is 2.77. The van der Waals surface area contributed by atoms with E-state index in [1.54, 1.807) is 6.92 Å². The number of hydrogen-bond donors (Lipinski definition) is 3. The summed E-state index contributed by atoms with van der Waals surface area (Å²) in [6, 6.07) is 0. The highest BCUT2D eigenvalue weighted by Gasteiger charge is 2.06. The van der Waals surface area contributed by atoms with Crippen molar-refractivity contribution >= 4 is 8.03 Å². The minimum Gasteiger partial charge on any atom is -0.375 e. The second-order valence-corrected chi connectivity index (χ2v) is 5.09. The molecule has 4 nitrogen and oxygen atoms in total. The molecule has 0 aromatic heterocycles. The van der Waals surface area contributed by atoms with Crippen molar-refractivity contribution in [1.29, 1.82) is 0 Å². The number of unbranched alkanes of at least 4 members (excludes halogenated alkanes) is 3. The number of aliphatic hydroxyl groups excluding tert-OH is 1. The molecule has 0 saturated heterocycles. The van der Waals surface area contributed by atoms with Crippen molar-refractivity contribution in [3.63, 3.8) is 0 Å². The van der Waals surface area contributed by atoms with Crippen LogP contribution in [0.25, 0.3) is 0 Å². The standard InChI is InChI=1S/C6H13NO.C6H13O2P/c1-4-7-6(8)5(2)3;1-2-3-4-5-6-9(7)8/h6-8H,2,4H2,1,3H3;2-6H2,1H3/p+1. The molecule has 0 radical (unpaired) electrons. The average Bonchev–Trinajstić information content (AvgIpc) is 2.25. The van der Waals surface area contributed by atoms with E-state index in [4.69, 9.17) is 10.00 Å². The van der Waals surface area contributed by atoms with E-state index < -0.39 is 14.3 Å². The van der Waals surface area contributed by atoms with Crippen molar-refractivity contribution in [2.75, 3.05) is 12.7 Å². The van der Waals surface area contributed by atoms with E-state index in [9.17, 15) is 4.57 Å². The molecule has 3 N–H and O–H groups in total. The van der Waals surface area contributed by atoms with Crippen LogP contribution in [0.1, 0.15) is 46.5 Å². The molecule has 2 unspecified atom stereocenters. The number of hydrogen-bond acceptors (Lipinski definition) is 3. The van der Waals surface area contributed by atoms with E-state index in [2.05, 4.69) is 18.8 Å². The van der Waals surface area contributed by atoms with Crippen molar-refractivity contribution in [2.24, 2.45) is 0 Å². The number of aliphatic hydroxyl groups is 1. The predicted octanol–water partition coefficient (Wildman–Crippen LogP) is 2.79. The summed E-state index contributed by atoms with van der Waals surface area (Å²) in [7, 11) is -1.87. The van der Waals surface area contributed by atoms with Gasteiger partial charge in [-0.1, -0.05) is 33.3 Å². The summed E-state index contributed by atoms with van der Waals surface area (Å²) < 4.78 is 10.1. The molecule has 0 spiro atoms. The van der Waals surface area contributed by atoms with Crippen LogP contribution in [0.2, 0.25) is 0 Å². The highest BCUT2D eigenvalue weighted by atomic mass is 31.1. The summed E-state index contributed by atoms with van der Waals surface area (Å²) in [5.41, 5.74) is 0.756. The fourth-order valence-corrected chi connectivity index (χ4v) is 1.54. The molecule has 0 bridgehead atoms. The first-order valence-electron chi connectivity index (χ1n) is 6.16. The van der Waals surface area contributed by atoms with Crippen LogP contribution < -0.4 is 5.32 Å². The second-order valence-electron chi connectivity index (χ2n) is 3.94. The van der Waals surface area contributed by atoms with Crippen molar-refractivity contribution in [3.8, 4) is 0 Å². The Hall–Kier alpha value is -0.280. The molecular weight excluding hydrogens is 237 g/mol. The summed E-state index contributed by atoms with van der Waals surface area (Å²) >= 11 is 0. The Kier molecular flexibility index (Phi) is 15.5. The lowest BCUT2D eigenvalue weighted by Gasteiger charge is -2.08. The van der Waals surface area contributed by atoms with Gasteiger partial charge in [-0.05, 0) is 36.4 Å². The molecule has 2 atom stereocenters. The largest absolute Gasteiger partial charge is 0.505 e. The van der Waals surface area contributed by atoms with Gasteiger partial charge in [0.1, 0.15) is 6.23 Å². The summed E-state index contributed by atoms with van der Waals surface area (Å²) in [6.45, 7) is 10.2. The van der Waals surface area contributed by atoms with Gasteiger partial charge in [-0.3, -0.25) is 5.32 Å². The fraction of sp³-hybridized carbons (Fsp3) is 0.833. The lowest BCUT2D eigenvalue weighted by Crippen LogP contribution is -2.28. The van der Waals surface area contributed by atoms with E-state index in [1.165, 1.54) is 12.8 Å². The summed E-state index contributed by atoms with van der Waals surface area (Å²) in [5.74, 6) is 0. The van der Waals surface area contributed by atoms with Crippen LogP contribution in [0, 0.1) is 0 Å². The molecule has 0 saturated carbocycles. The van der Waals surface area contributed by atoms with Crippen molar-refractivity contribution < 1.29 is 14.6 Å².